The Hall–Kier alpha value is -2.17. The Morgan fingerprint density at radius 3 is 2.27 bits per heavy atom. The molecule has 2 rings (SSSR count). The molecule has 11 heteroatoms. The highest BCUT2D eigenvalue weighted by atomic mass is 19.4. The quantitative estimate of drug-likeness (QED) is 0.788. The molecule has 2 aromatic heterocycles. The first kappa shape index (κ1) is 16.2. The van der Waals surface area contributed by atoms with Crippen LogP contribution in [0.15, 0.2) is 10.9 Å². The van der Waals surface area contributed by atoms with E-state index in [2.05, 4.69) is 15.0 Å². The maximum Gasteiger partial charge on any atom is 0.433 e. The van der Waals surface area contributed by atoms with Gasteiger partial charge in [0.2, 0.25) is 0 Å². The minimum atomic E-state index is -5.35. The van der Waals surface area contributed by atoms with Gasteiger partial charge in [-0.3, -0.25) is 4.79 Å². The highest BCUT2D eigenvalue weighted by Crippen LogP contribution is 2.40. The number of nitrogens with zero attached hydrogens (tertiary/aromatic N) is 2. The van der Waals surface area contributed by atoms with Crippen LogP contribution >= 0.6 is 0 Å². The normalized spacial score (nSPS) is 14.4. The van der Waals surface area contributed by atoms with Crippen LogP contribution in [-0.4, -0.2) is 26.2 Å². The van der Waals surface area contributed by atoms with Gasteiger partial charge in [-0.05, 0) is 13.0 Å². The van der Waals surface area contributed by atoms with Gasteiger partial charge in [-0.15, -0.1) is 0 Å². The molecule has 120 valence electrons. The second kappa shape index (κ2) is 4.93. The maximum atomic E-state index is 12.9. The van der Waals surface area contributed by atoms with E-state index in [1.165, 1.54) is 6.92 Å². The number of halogens is 6. The van der Waals surface area contributed by atoms with Crippen molar-refractivity contribution >= 4 is 11.0 Å². The summed E-state index contributed by atoms with van der Waals surface area (Å²) in [6.07, 6.45) is -14.0. The smallest absolute Gasteiger partial charge is 0.379 e. The fourth-order valence-corrected chi connectivity index (χ4v) is 1.80. The van der Waals surface area contributed by atoms with Crippen LogP contribution in [0.2, 0.25) is 0 Å². The minimum absolute atomic E-state index is 0.0535. The average Bonchev–Trinajstić information content (AvgIpc) is 2.34. The molecule has 0 aliphatic carbocycles. The van der Waals surface area contributed by atoms with Crippen molar-refractivity contribution in [1.29, 1.82) is 0 Å². The average molecular weight is 327 g/mol. The van der Waals surface area contributed by atoms with Crippen LogP contribution in [0.25, 0.3) is 11.0 Å². The van der Waals surface area contributed by atoms with Crippen molar-refractivity contribution < 1.29 is 31.4 Å². The monoisotopic (exact) mass is 327 g/mol. The summed E-state index contributed by atoms with van der Waals surface area (Å²) in [5.74, 6) is -0.0535. The molecule has 2 heterocycles. The first-order valence-corrected chi connectivity index (χ1v) is 5.65. The molecule has 5 nitrogen and oxygen atoms in total. The fourth-order valence-electron chi connectivity index (χ4n) is 1.80. The van der Waals surface area contributed by atoms with Gasteiger partial charge in [-0.25, -0.2) is 9.97 Å². The second-order valence-corrected chi connectivity index (χ2v) is 4.39. The fraction of sp³-hybridized carbons (Fsp3) is 0.364. The lowest BCUT2D eigenvalue weighted by molar-refractivity contribution is -0.209. The lowest BCUT2D eigenvalue weighted by atomic mass is 10.0. The second-order valence-electron chi connectivity index (χ2n) is 4.39. The van der Waals surface area contributed by atoms with E-state index in [1.807, 2.05) is 0 Å². The van der Waals surface area contributed by atoms with E-state index >= 15 is 0 Å². The van der Waals surface area contributed by atoms with E-state index in [1.54, 1.807) is 0 Å². The third-order valence-corrected chi connectivity index (χ3v) is 2.72. The number of aromatic amines is 1. The van der Waals surface area contributed by atoms with Crippen molar-refractivity contribution in [2.75, 3.05) is 0 Å². The summed E-state index contributed by atoms with van der Waals surface area (Å²) >= 11 is 0. The molecule has 0 amide bonds. The minimum Gasteiger partial charge on any atom is -0.379 e. The Labute approximate surface area is 117 Å². The van der Waals surface area contributed by atoms with Crippen molar-refractivity contribution in [1.82, 2.24) is 15.0 Å². The third-order valence-electron chi connectivity index (χ3n) is 2.72. The highest BCUT2D eigenvalue weighted by Gasteiger charge is 2.46. The number of aromatic nitrogens is 3. The molecule has 1 atom stereocenters. The lowest BCUT2D eigenvalue weighted by Gasteiger charge is -2.19. The van der Waals surface area contributed by atoms with Gasteiger partial charge in [-0.2, -0.15) is 26.3 Å². The lowest BCUT2D eigenvalue weighted by Crippen LogP contribution is -2.25. The molecule has 22 heavy (non-hydrogen) atoms. The van der Waals surface area contributed by atoms with Crippen molar-refractivity contribution in [3.05, 3.63) is 33.5 Å². The number of aliphatic hydroxyl groups is 1. The summed E-state index contributed by atoms with van der Waals surface area (Å²) in [6, 6.07) is 0.300. The summed E-state index contributed by atoms with van der Waals surface area (Å²) in [7, 11) is 0. The van der Waals surface area contributed by atoms with Crippen molar-refractivity contribution in [2.45, 2.75) is 25.4 Å². The Bertz CT molecular complexity index is 780. The number of pyridine rings is 1. The SMILES string of the molecule is Cc1nc2nc(C(F)(F)F)c([C@@H](O)C(F)(F)F)cc2c(=O)[nH]1. The molecule has 0 radical (unpaired) electrons. The van der Waals surface area contributed by atoms with Gasteiger partial charge in [0.05, 0.1) is 5.39 Å². The van der Waals surface area contributed by atoms with Crippen LogP contribution in [0.4, 0.5) is 26.3 Å². The Morgan fingerprint density at radius 2 is 1.77 bits per heavy atom. The number of aryl methyl sites for hydroxylation is 1. The number of fused-ring (bicyclic) bond motifs is 1. The number of H-pyrrole nitrogens is 1. The summed E-state index contributed by atoms with van der Waals surface area (Å²) in [6.45, 7) is 1.27. The van der Waals surface area contributed by atoms with Crippen LogP contribution in [-0.2, 0) is 6.18 Å². The maximum absolute atomic E-state index is 12.9. The standard InChI is InChI=1S/C11H7F6N3O2/c1-3-18-8-5(9(22)19-3)2-4(7(21)11(15,16)17)6(20-8)10(12,13)14/h2,7,21H,1H3,(H,18,19,20,22)/t7-/m1/s1. The van der Waals surface area contributed by atoms with Crippen molar-refractivity contribution in [2.24, 2.45) is 0 Å². The number of alkyl halides is 6. The zero-order chi connectivity index (χ0) is 16.9. The summed E-state index contributed by atoms with van der Waals surface area (Å²) in [5.41, 5.74) is -5.11. The Kier molecular flexibility index (Phi) is 3.63. The van der Waals surface area contributed by atoms with E-state index in [0.717, 1.165) is 0 Å². The molecule has 0 aliphatic heterocycles. The van der Waals surface area contributed by atoms with Gasteiger partial charge >= 0.3 is 12.4 Å². The van der Waals surface area contributed by atoms with Gasteiger partial charge in [-0.1, -0.05) is 0 Å². The number of aliphatic hydroxyl groups excluding tert-OH is 1. The van der Waals surface area contributed by atoms with E-state index in [4.69, 9.17) is 5.11 Å². The molecule has 0 spiro atoms. The number of rotatable bonds is 1. The molecule has 0 saturated carbocycles. The molecule has 2 N–H and O–H groups in total. The van der Waals surface area contributed by atoms with Crippen molar-refractivity contribution in [3.63, 3.8) is 0 Å². The molecule has 0 saturated heterocycles. The van der Waals surface area contributed by atoms with Crippen LogP contribution < -0.4 is 5.56 Å². The largest absolute Gasteiger partial charge is 0.433 e. The molecule has 0 aliphatic rings. The molecule has 0 fully saturated rings. The highest BCUT2D eigenvalue weighted by molar-refractivity contribution is 5.75. The topological polar surface area (TPSA) is 78.9 Å². The number of hydrogen-bond acceptors (Lipinski definition) is 4. The van der Waals surface area contributed by atoms with E-state index in [9.17, 15) is 31.1 Å². The van der Waals surface area contributed by atoms with Crippen molar-refractivity contribution in [3.8, 4) is 0 Å². The van der Waals surface area contributed by atoms with Gasteiger partial charge < -0.3 is 10.1 Å². The predicted octanol–water partition coefficient (Wildman–Crippen LogP) is 2.24. The van der Waals surface area contributed by atoms with Crippen LogP contribution in [0, 0.1) is 6.92 Å². The van der Waals surface area contributed by atoms with Gasteiger partial charge in [0.25, 0.3) is 5.56 Å². The Morgan fingerprint density at radius 1 is 1.18 bits per heavy atom. The predicted molar refractivity (Wildman–Crippen MR) is 60.9 cm³/mol. The molecule has 0 bridgehead atoms. The zero-order valence-corrected chi connectivity index (χ0v) is 10.7. The van der Waals surface area contributed by atoms with Crippen LogP contribution in [0.1, 0.15) is 23.2 Å². The third kappa shape index (κ3) is 2.89. The summed E-state index contributed by atoms with van der Waals surface area (Å²) in [5, 5.41) is 8.52. The molecular formula is C11H7F6N3O2. The molecular weight excluding hydrogens is 320 g/mol. The van der Waals surface area contributed by atoms with Crippen LogP contribution in [0.3, 0.4) is 0 Å². The Balaban J connectivity index is 2.86. The summed E-state index contributed by atoms with van der Waals surface area (Å²) < 4.78 is 76.2. The first-order valence-electron chi connectivity index (χ1n) is 5.65. The molecule has 0 unspecified atom stereocenters. The summed E-state index contributed by atoms with van der Waals surface area (Å²) in [4.78, 5) is 20.3. The number of nitrogens with one attached hydrogen (secondary N) is 1. The van der Waals surface area contributed by atoms with E-state index < -0.39 is 46.3 Å². The molecule has 2 aromatic rings. The first-order chi connectivity index (χ1) is 9.91. The van der Waals surface area contributed by atoms with Gasteiger partial charge in [0.15, 0.2) is 17.4 Å². The van der Waals surface area contributed by atoms with E-state index in [0.29, 0.717) is 6.07 Å². The van der Waals surface area contributed by atoms with E-state index in [-0.39, 0.29) is 5.82 Å². The molecule has 0 aromatic carbocycles. The van der Waals surface area contributed by atoms with Gasteiger partial charge in [0, 0.05) is 5.56 Å². The zero-order valence-electron chi connectivity index (χ0n) is 10.7. The van der Waals surface area contributed by atoms with Crippen LogP contribution in [0.5, 0.6) is 0 Å². The van der Waals surface area contributed by atoms with Gasteiger partial charge in [0.1, 0.15) is 5.82 Å². The number of hydrogen-bond donors (Lipinski definition) is 2.